The van der Waals surface area contributed by atoms with Crippen LogP contribution in [0.2, 0.25) is 0 Å². The van der Waals surface area contributed by atoms with E-state index in [4.69, 9.17) is 14.2 Å². The molecule has 0 fully saturated rings. The summed E-state index contributed by atoms with van der Waals surface area (Å²) in [4.78, 5) is 0. The Bertz CT molecular complexity index is 251. The predicted molar refractivity (Wildman–Crippen MR) is 53.8 cm³/mol. The summed E-state index contributed by atoms with van der Waals surface area (Å²) < 4.78 is 15.3. The van der Waals surface area contributed by atoms with E-state index < -0.39 is 6.10 Å². The Kier molecular flexibility index (Phi) is 3.88. The number of nitrogens with one attached hydrogen (secondary N) is 1. The van der Waals surface area contributed by atoms with Crippen LogP contribution in [0.4, 0.5) is 5.69 Å². The lowest BCUT2D eigenvalue weighted by molar-refractivity contribution is -0.332. The van der Waals surface area contributed by atoms with E-state index in [1.807, 2.05) is 30.3 Å². The summed E-state index contributed by atoms with van der Waals surface area (Å²) in [5.74, 6) is 0. The van der Waals surface area contributed by atoms with Gasteiger partial charge in [0.05, 0.1) is 0 Å². The van der Waals surface area contributed by atoms with Gasteiger partial charge in [-0.3, -0.25) is 0 Å². The number of anilines is 1. The predicted octanol–water partition coefficient (Wildman–Crippen LogP) is 1.65. The highest BCUT2D eigenvalue weighted by molar-refractivity contribution is 5.43. The average Bonchev–Trinajstić information content (AvgIpc) is 2.28. The first-order valence-corrected chi connectivity index (χ1v) is 4.25. The highest BCUT2D eigenvalue weighted by Gasteiger charge is 2.29. The summed E-state index contributed by atoms with van der Waals surface area (Å²) in [6.07, 6.45) is -1.22. The molecule has 14 heavy (non-hydrogen) atoms. The smallest absolute Gasteiger partial charge is 0.313 e. The van der Waals surface area contributed by atoms with Crippen molar-refractivity contribution in [1.29, 1.82) is 0 Å². The second-order valence-corrected chi connectivity index (χ2v) is 2.66. The molecule has 0 unspecified atom stereocenters. The molecule has 1 rings (SSSR count). The highest BCUT2D eigenvalue weighted by Crippen LogP contribution is 2.17. The van der Waals surface area contributed by atoms with Gasteiger partial charge in [-0.1, -0.05) is 18.2 Å². The van der Waals surface area contributed by atoms with Crippen molar-refractivity contribution in [3.8, 4) is 0 Å². The lowest BCUT2D eigenvalue weighted by Crippen LogP contribution is -2.44. The summed E-state index contributed by atoms with van der Waals surface area (Å²) in [7, 11) is 4.51. The molecule has 0 aliphatic heterocycles. The van der Waals surface area contributed by atoms with Crippen LogP contribution < -0.4 is 5.32 Å². The molecule has 0 heterocycles. The molecule has 1 aromatic carbocycles. The molecular formula is C10H15NO3. The Morgan fingerprint density at radius 3 is 1.86 bits per heavy atom. The normalized spacial score (nSPS) is 11.4. The summed E-state index contributed by atoms with van der Waals surface area (Å²) in [6, 6.07) is 9.54. The van der Waals surface area contributed by atoms with Crippen molar-refractivity contribution in [2.45, 2.75) is 6.10 Å². The second-order valence-electron chi connectivity index (χ2n) is 2.66. The molecule has 0 atom stereocenters. The van der Waals surface area contributed by atoms with Gasteiger partial charge in [0, 0.05) is 27.0 Å². The molecular weight excluding hydrogens is 182 g/mol. The van der Waals surface area contributed by atoms with Crippen LogP contribution in [-0.4, -0.2) is 27.4 Å². The Balaban J connectivity index is 2.74. The van der Waals surface area contributed by atoms with Gasteiger partial charge in [0.2, 0.25) is 0 Å². The molecule has 4 heteroatoms. The van der Waals surface area contributed by atoms with Crippen LogP contribution in [-0.2, 0) is 14.2 Å². The van der Waals surface area contributed by atoms with Gasteiger partial charge >= 0.3 is 6.10 Å². The van der Waals surface area contributed by atoms with Gasteiger partial charge < -0.3 is 19.5 Å². The monoisotopic (exact) mass is 197 g/mol. The van der Waals surface area contributed by atoms with Gasteiger partial charge in [0.25, 0.3) is 0 Å². The summed E-state index contributed by atoms with van der Waals surface area (Å²) in [5.41, 5.74) is 0.859. The minimum Gasteiger partial charge on any atom is -0.313 e. The van der Waals surface area contributed by atoms with Crippen LogP contribution in [0.25, 0.3) is 0 Å². The quantitative estimate of drug-likeness (QED) is 0.728. The van der Waals surface area contributed by atoms with Gasteiger partial charge in [-0.15, -0.1) is 0 Å². The maximum Gasteiger partial charge on any atom is 0.373 e. The fourth-order valence-corrected chi connectivity index (χ4v) is 1.10. The van der Waals surface area contributed by atoms with Crippen molar-refractivity contribution in [3.63, 3.8) is 0 Å². The topological polar surface area (TPSA) is 39.7 Å². The molecule has 0 spiro atoms. The van der Waals surface area contributed by atoms with E-state index in [-0.39, 0.29) is 0 Å². The third kappa shape index (κ3) is 2.45. The molecule has 0 saturated carbocycles. The molecule has 0 aromatic heterocycles. The van der Waals surface area contributed by atoms with Gasteiger partial charge in [-0.2, -0.15) is 0 Å². The number of rotatable bonds is 5. The Hall–Kier alpha value is -1.10. The fraction of sp³-hybridized carbons (Fsp3) is 0.400. The van der Waals surface area contributed by atoms with E-state index in [1.54, 1.807) is 0 Å². The first-order chi connectivity index (χ1) is 6.76. The lowest BCUT2D eigenvalue weighted by atomic mass is 10.3. The standard InChI is InChI=1S/C10H15NO3/c1-12-10(13-2,14-3)11-9-7-5-4-6-8-9/h4-8,11H,1-3H3. The highest BCUT2D eigenvalue weighted by atomic mass is 16.9. The van der Waals surface area contributed by atoms with Crippen molar-refractivity contribution >= 4 is 5.69 Å². The molecule has 78 valence electrons. The van der Waals surface area contributed by atoms with E-state index in [0.29, 0.717) is 0 Å². The van der Waals surface area contributed by atoms with Crippen molar-refractivity contribution in [3.05, 3.63) is 30.3 Å². The molecule has 0 aliphatic rings. The Morgan fingerprint density at radius 2 is 1.43 bits per heavy atom. The summed E-state index contributed by atoms with van der Waals surface area (Å²) in [6.45, 7) is 0. The van der Waals surface area contributed by atoms with E-state index in [9.17, 15) is 0 Å². The van der Waals surface area contributed by atoms with Gasteiger partial charge in [-0.25, -0.2) is 0 Å². The molecule has 0 bridgehead atoms. The first kappa shape index (κ1) is 11.0. The zero-order valence-corrected chi connectivity index (χ0v) is 8.61. The van der Waals surface area contributed by atoms with Crippen molar-refractivity contribution in [2.24, 2.45) is 0 Å². The number of para-hydroxylation sites is 1. The van der Waals surface area contributed by atoms with Gasteiger partial charge in [0.15, 0.2) is 0 Å². The molecule has 1 aromatic rings. The first-order valence-electron chi connectivity index (χ1n) is 4.25. The van der Waals surface area contributed by atoms with Crippen LogP contribution >= 0.6 is 0 Å². The van der Waals surface area contributed by atoms with E-state index >= 15 is 0 Å². The van der Waals surface area contributed by atoms with Crippen LogP contribution in [0, 0.1) is 0 Å². The third-order valence-electron chi connectivity index (χ3n) is 1.88. The summed E-state index contributed by atoms with van der Waals surface area (Å²) >= 11 is 0. The van der Waals surface area contributed by atoms with E-state index in [0.717, 1.165) is 5.69 Å². The second kappa shape index (κ2) is 4.95. The van der Waals surface area contributed by atoms with Crippen LogP contribution in [0.5, 0.6) is 0 Å². The summed E-state index contributed by atoms with van der Waals surface area (Å²) in [5, 5.41) is 2.97. The van der Waals surface area contributed by atoms with Gasteiger partial charge in [0.1, 0.15) is 0 Å². The molecule has 0 aliphatic carbocycles. The molecule has 0 radical (unpaired) electrons. The minimum absolute atomic E-state index is 0.859. The number of benzene rings is 1. The zero-order chi connectivity index (χ0) is 10.4. The van der Waals surface area contributed by atoms with Crippen molar-refractivity contribution in [2.75, 3.05) is 26.6 Å². The molecule has 1 N–H and O–H groups in total. The van der Waals surface area contributed by atoms with Crippen LogP contribution in [0.3, 0.4) is 0 Å². The number of hydrogen-bond acceptors (Lipinski definition) is 4. The van der Waals surface area contributed by atoms with Crippen molar-refractivity contribution < 1.29 is 14.2 Å². The van der Waals surface area contributed by atoms with Gasteiger partial charge in [-0.05, 0) is 12.1 Å². The molecule has 0 amide bonds. The maximum atomic E-state index is 5.08. The van der Waals surface area contributed by atoms with E-state index in [2.05, 4.69) is 5.32 Å². The minimum atomic E-state index is -1.22. The van der Waals surface area contributed by atoms with Crippen LogP contribution in [0.1, 0.15) is 0 Å². The Morgan fingerprint density at radius 1 is 0.929 bits per heavy atom. The largest absolute Gasteiger partial charge is 0.373 e. The zero-order valence-electron chi connectivity index (χ0n) is 8.61. The molecule has 0 saturated heterocycles. The van der Waals surface area contributed by atoms with Crippen LogP contribution in [0.15, 0.2) is 30.3 Å². The molecule has 4 nitrogen and oxygen atoms in total. The lowest BCUT2D eigenvalue weighted by Gasteiger charge is -2.29. The number of methoxy groups -OCH3 is 3. The van der Waals surface area contributed by atoms with Crippen molar-refractivity contribution in [1.82, 2.24) is 0 Å². The Labute approximate surface area is 83.8 Å². The number of hydrogen-bond donors (Lipinski definition) is 1. The number of ether oxygens (including phenoxy) is 3. The SMILES string of the molecule is COC(Nc1ccccc1)(OC)OC. The maximum absolute atomic E-state index is 5.08. The third-order valence-corrected chi connectivity index (χ3v) is 1.88. The fourth-order valence-electron chi connectivity index (χ4n) is 1.10. The van der Waals surface area contributed by atoms with E-state index in [1.165, 1.54) is 21.3 Å². The average molecular weight is 197 g/mol.